The van der Waals surface area contributed by atoms with E-state index < -0.39 is 0 Å². The lowest BCUT2D eigenvalue weighted by atomic mass is 10.1. The van der Waals surface area contributed by atoms with Crippen molar-refractivity contribution in [1.82, 2.24) is 9.88 Å². The fraction of sp³-hybridized carbons (Fsp3) is 0.438. The molecule has 0 saturated carbocycles. The van der Waals surface area contributed by atoms with Gasteiger partial charge in [0.15, 0.2) is 10.9 Å². The summed E-state index contributed by atoms with van der Waals surface area (Å²) in [6.45, 7) is 3.36. The van der Waals surface area contributed by atoms with Gasteiger partial charge in [0.2, 0.25) is 5.91 Å². The number of hydrogen-bond donors (Lipinski definition) is 2. The molecule has 2 unspecified atom stereocenters. The van der Waals surface area contributed by atoms with E-state index in [1.165, 1.54) is 17.6 Å². The molecule has 3 N–H and O–H groups in total. The van der Waals surface area contributed by atoms with Crippen molar-refractivity contribution in [2.24, 2.45) is 11.7 Å². The zero-order valence-corrected chi connectivity index (χ0v) is 16.7. The van der Waals surface area contributed by atoms with E-state index in [1.807, 2.05) is 11.8 Å². The quantitative estimate of drug-likeness (QED) is 0.773. The molecule has 1 fully saturated rings. The summed E-state index contributed by atoms with van der Waals surface area (Å²) in [7, 11) is 0. The van der Waals surface area contributed by atoms with Gasteiger partial charge in [0.25, 0.3) is 5.91 Å². The number of carbonyl (C=O) groups is 2. The Kier molecular flexibility index (Phi) is 8.55. The van der Waals surface area contributed by atoms with Gasteiger partial charge in [0.05, 0.1) is 18.4 Å². The van der Waals surface area contributed by atoms with E-state index in [9.17, 15) is 9.59 Å². The predicted octanol–water partition coefficient (Wildman–Crippen LogP) is 2.57. The molecule has 3 rings (SSSR count). The number of anilines is 1. The zero-order chi connectivity index (χ0) is 17.1. The van der Waals surface area contributed by atoms with Gasteiger partial charge in [0.1, 0.15) is 0 Å². The second-order valence-electron chi connectivity index (χ2n) is 5.98. The molecule has 2 amide bonds. The van der Waals surface area contributed by atoms with Gasteiger partial charge in [0, 0.05) is 18.0 Å². The van der Waals surface area contributed by atoms with E-state index in [0.717, 1.165) is 6.42 Å². The summed E-state index contributed by atoms with van der Waals surface area (Å²) in [5.74, 6) is 0.294. The van der Waals surface area contributed by atoms with E-state index in [1.54, 1.807) is 17.5 Å². The molecule has 144 valence electrons. The molecule has 2 atom stereocenters. The van der Waals surface area contributed by atoms with Crippen LogP contribution in [0.1, 0.15) is 29.6 Å². The van der Waals surface area contributed by atoms with Crippen molar-refractivity contribution >= 4 is 53.1 Å². The van der Waals surface area contributed by atoms with Gasteiger partial charge < -0.3 is 15.1 Å². The second-order valence-corrected chi connectivity index (χ2v) is 6.84. The Balaban J connectivity index is 0.00000169. The molecule has 0 aromatic carbocycles. The lowest BCUT2D eigenvalue weighted by molar-refractivity contribution is -0.131. The van der Waals surface area contributed by atoms with Gasteiger partial charge in [-0.3, -0.25) is 14.9 Å². The number of nitrogens with one attached hydrogen (secondary N) is 1. The molecule has 0 bridgehead atoms. The number of aromatic nitrogens is 1. The van der Waals surface area contributed by atoms with Crippen LogP contribution in [0.15, 0.2) is 28.2 Å². The second kappa shape index (κ2) is 9.91. The smallest absolute Gasteiger partial charge is 0.293 e. The number of nitrogens with two attached hydrogens (primary N) is 1. The van der Waals surface area contributed by atoms with Crippen LogP contribution < -0.4 is 11.1 Å². The van der Waals surface area contributed by atoms with Gasteiger partial charge in [-0.1, -0.05) is 0 Å². The number of rotatable bonds is 5. The first kappa shape index (κ1) is 22.4. The summed E-state index contributed by atoms with van der Waals surface area (Å²) in [5, 5.41) is 4.91. The van der Waals surface area contributed by atoms with Crippen LogP contribution in [0.2, 0.25) is 0 Å². The average Bonchev–Trinajstić information content (AvgIpc) is 3.27. The topological polar surface area (TPSA) is 101 Å². The third-order valence-electron chi connectivity index (χ3n) is 4.16. The van der Waals surface area contributed by atoms with Crippen LogP contribution in [0.5, 0.6) is 0 Å². The number of furan rings is 1. The summed E-state index contributed by atoms with van der Waals surface area (Å²) in [6.07, 6.45) is 2.62. The van der Waals surface area contributed by atoms with E-state index in [4.69, 9.17) is 10.2 Å². The van der Waals surface area contributed by atoms with Crippen molar-refractivity contribution in [2.45, 2.75) is 25.8 Å². The van der Waals surface area contributed by atoms with Crippen molar-refractivity contribution in [3.05, 3.63) is 35.2 Å². The number of halogens is 2. The fourth-order valence-corrected chi connectivity index (χ4v) is 3.63. The van der Waals surface area contributed by atoms with Gasteiger partial charge >= 0.3 is 0 Å². The van der Waals surface area contributed by atoms with Gasteiger partial charge in [-0.2, -0.15) is 0 Å². The highest BCUT2D eigenvalue weighted by Crippen LogP contribution is 2.24. The Labute approximate surface area is 168 Å². The summed E-state index contributed by atoms with van der Waals surface area (Å²) in [4.78, 5) is 30.5. The summed E-state index contributed by atoms with van der Waals surface area (Å²) in [5.41, 5.74) is 6.36. The van der Waals surface area contributed by atoms with E-state index >= 15 is 0 Å². The zero-order valence-electron chi connectivity index (χ0n) is 14.2. The van der Waals surface area contributed by atoms with E-state index in [0.29, 0.717) is 29.8 Å². The van der Waals surface area contributed by atoms with Crippen molar-refractivity contribution in [1.29, 1.82) is 0 Å². The van der Waals surface area contributed by atoms with Crippen LogP contribution >= 0.6 is 36.2 Å². The standard InChI is InChI=1S/C16H20N4O3S.2ClH/c1-10-5-11(7-17)8-20(10)14(21)6-12-9-24-16(18-12)19-15(22)13-3-2-4-23-13;;/h2-4,9-11H,5-8,17H2,1H3,(H,18,19,22);2*1H. The first-order chi connectivity index (χ1) is 11.6. The van der Waals surface area contributed by atoms with Crippen LogP contribution in [0, 0.1) is 5.92 Å². The number of nitrogens with zero attached hydrogens (tertiary/aromatic N) is 2. The molecule has 2 aromatic heterocycles. The van der Waals surface area contributed by atoms with Crippen LogP contribution in [0.3, 0.4) is 0 Å². The molecule has 0 spiro atoms. The maximum absolute atomic E-state index is 12.5. The summed E-state index contributed by atoms with van der Waals surface area (Å²) < 4.78 is 5.03. The highest BCUT2D eigenvalue weighted by Gasteiger charge is 2.31. The maximum atomic E-state index is 12.5. The highest BCUT2D eigenvalue weighted by molar-refractivity contribution is 7.14. The first-order valence-electron chi connectivity index (χ1n) is 7.85. The maximum Gasteiger partial charge on any atom is 0.293 e. The number of likely N-dealkylation sites (tertiary alicyclic amines) is 1. The van der Waals surface area contributed by atoms with E-state index in [2.05, 4.69) is 10.3 Å². The van der Waals surface area contributed by atoms with Crippen molar-refractivity contribution in [2.75, 3.05) is 18.4 Å². The van der Waals surface area contributed by atoms with Crippen molar-refractivity contribution in [3.8, 4) is 0 Å². The minimum Gasteiger partial charge on any atom is -0.459 e. The minimum absolute atomic E-state index is 0. The SMILES string of the molecule is CC1CC(CN)CN1C(=O)Cc1csc(NC(=O)c2ccco2)n1.Cl.Cl. The van der Waals surface area contributed by atoms with Gasteiger partial charge in [-0.15, -0.1) is 36.2 Å². The third kappa shape index (κ3) is 5.20. The van der Waals surface area contributed by atoms with Crippen molar-refractivity contribution < 1.29 is 14.0 Å². The summed E-state index contributed by atoms with van der Waals surface area (Å²) in [6, 6.07) is 3.44. The molecule has 10 heteroatoms. The van der Waals surface area contributed by atoms with Crippen LogP contribution in [-0.2, 0) is 11.2 Å². The molecule has 0 aliphatic carbocycles. The molecular weight excluding hydrogens is 399 g/mol. The fourth-order valence-electron chi connectivity index (χ4n) is 2.93. The first-order valence-corrected chi connectivity index (χ1v) is 8.73. The Morgan fingerprint density at radius 1 is 1.46 bits per heavy atom. The van der Waals surface area contributed by atoms with Crippen LogP contribution in [0.4, 0.5) is 5.13 Å². The lowest BCUT2D eigenvalue weighted by Crippen LogP contribution is -2.35. The monoisotopic (exact) mass is 420 g/mol. The lowest BCUT2D eigenvalue weighted by Gasteiger charge is -2.21. The van der Waals surface area contributed by atoms with Crippen molar-refractivity contribution in [3.63, 3.8) is 0 Å². The number of hydrogen-bond acceptors (Lipinski definition) is 6. The third-order valence-corrected chi connectivity index (χ3v) is 4.97. The number of amides is 2. The van der Waals surface area contributed by atoms with Gasteiger partial charge in [-0.05, 0) is 37.9 Å². The largest absolute Gasteiger partial charge is 0.459 e. The molecule has 7 nitrogen and oxygen atoms in total. The molecule has 1 aliphatic rings. The average molecular weight is 421 g/mol. The Morgan fingerprint density at radius 3 is 2.85 bits per heavy atom. The molecule has 1 saturated heterocycles. The normalized spacial score (nSPS) is 18.8. The molecule has 1 aliphatic heterocycles. The highest BCUT2D eigenvalue weighted by atomic mass is 35.5. The minimum atomic E-state index is -0.355. The molecule has 0 radical (unpaired) electrons. The molecule has 26 heavy (non-hydrogen) atoms. The Hall–Kier alpha value is -1.61. The molecular formula is C16H22Cl2N4O3S. The molecule has 3 heterocycles. The molecule has 2 aromatic rings. The number of carbonyl (C=O) groups excluding carboxylic acids is 2. The Morgan fingerprint density at radius 2 is 2.23 bits per heavy atom. The van der Waals surface area contributed by atoms with E-state index in [-0.39, 0.29) is 54.9 Å². The predicted molar refractivity (Wildman–Crippen MR) is 105 cm³/mol. The number of thiazole rings is 1. The summed E-state index contributed by atoms with van der Waals surface area (Å²) >= 11 is 1.29. The van der Waals surface area contributed by atoms with Gasteiger partial charge in [-0.25, -0.2) is 4.98 Å². The van der Waals surface area contributed by atoms with Crippen LogP contribution in [0.25, 0.3) is 0 Å². The van der Waals surface area contributed by atoms with Crippen LogP contribution in [-0.4, -0.2) is 40.8 Å². The Bertz CT molecular complexity index is 723.